The molecule has 2 heterocycles. The minimum atomic E-state index is 0.397. The van der Waals surface area contributed by atoms with Crippen LogP contribution in [0.3, 0.4) is 0 Å². The first-order valence-corrected chi connectivity index (χ1v) is 7.26. The molecule has 0 aliphatic carbocycles. The second-order valence-electron chi connectivity index (χ2n) is 5.55. The molecular weight excluding hydrogens is 266 g/mol. The van der Waals surface area contributed by atoms with E-state index < -0.39 is 0 Å². The van der Waals surface area contributed by atoms with E-state index >= 15 is 0 Å². The fourth-order valence-corrected chi connectivity index (χ4v) is 2.54. The molecule has 1 aliphatic rings. The Morgan fingerprint density at radius 1 is 1.29 bits per heavy atom. The van der Waals surface area contributed by atoms with Crippen molar-refractivity contribution in [3.8, 4) is 5.75 Å². The molecule has 0 radical (unpaired) electrons. The van der Waals surface area contributed by atoms with E-state index in [1.807, 2.05) is 37.2 Å². The van der Waals surface area contributed by atoms with Crippen LogP contribution in [0.4, 0.5) is 11.4 Å². The number of aryl methyl sites for hydroxylation is 1. The van der Waals surface area contributed by atoms with Crippen molar-refractivity contribution >= 4 is 11.4 Å². The fraction of sp³-hybridized carbons (Fsp3) is 0.467. The number of aromatic nitrogens is 3. The highest BCUT2D eigenvalue weighted by molar-refractivity contribution is 5.61. The molecule has 2 aromatic rings. The lowest BCUT2D eigenvalue weighted by molar-refractivity contribution is 0.288. The van der Waals surface area contributed by atoms with Gasteiger partial charge in [0.1, 0.15) is 18.2 Å². The summed E-state index contributed by atoms with van der Waals surface area (Å²) in [5, 5.41) is 8.47. The standard InChI is InChI=1S/C15H21N5O/c1-19(2)11-6-7-12(16)13(9-11)21-10-15-18-17-14-5-3-4-8-20(14)15/h6-7,9H,3-5,8,10,16H2,1-2H3. The van der Waals surface area contributed by atoms with Gasteiger partial charge in [0.2, 0.25) is 0 Å². The first kappa shape index (κ1) is 13.7. The number of rotatable bonds is 4. The van der Waals surface area contributed by atoms with Crippen LogP contribution in [0.2, 0.25) is 0 Å². The van der Waals surface area contributed by atoms with E-state index in [1.165, 1.54) is 12.8 Å². The van der Waals surface area contributed by atoms with Crippen LogP contribution < -0.4 is 15.4 Å². The van der Waals surface area contributed by atoms with Crippen molar-refractivity contribution in [2.75, 3.05) is 24.7 Å². The van der Waals surface area contributed by atoms with Crippen molar-refractivity contribution in [3.63, 3.8) is 0 Å². The molecule has 6 nitrogen and oxygen atoms in total. The normalized spacial score (nSPS) is 13.8. The predicted molar refractivity (Wildman–Crippen MR) is 82.5 cm³/mol. The zero-order chi connectivity index (χ0) is 14.8. The lowest BCUT2D eigenvalue weighted by Gasteiger charge is -2.17. The Morgan fingerprint density at radius 2 is 2.14 bits per heavy atom. The van der Waals surface area contributed by atoms with E-state index in [0.29, 0.717) is 18.0 Å². The molecule has 21 heavy (non-hydrogen) atoms. The number of hydrogen-bond acceptors (Lipinski definition) is 5. The maximum atomic E-state index is 5.98. The summed E-state index contributed by atoms with van der Waals surface area (Å²) < 4.78 is 8.03. The zero-order valence-electron chi connectivity index (χ0n) is 12.5. The van der Waals surface area contributed by atoms with E-state index in [1.54, 1.807) is 0 Å². The summed E-state index contributed by atoms with van der Waals surface area (Å²) in [6, 6.07) is 5.79. The zero-order valence-corrected chi connectivity index (χ0v) is 12.5. The largest absolute Gasteiger partial charge is 0.483 e. The highest BCUT2D eigenvalue weighted by atomic mass is 16.5. The lowest BCUT2D eigenvalue weighted by atomic mass is 10.2. The summed E-state index contributed by atoms with van der Waals surface area (Å²) in [5.41, 5.74) is 7.68. The molecule has 0 unspecified atom stereocenters. The van der Waals surface area contributed by atoms with Crippen LogP contribution in [0.25, 0.3) is 0 Å². The first-order valence-electron chi connectivity index (χ1n) is 7.26. The third-order valence-electron chi connectivity index (χ3n) is 3.81. The van der Waals surface area contributed by atoms with Crippen LogP contribution in [0.5, 0.6) is 5.75 Å². The Hall–Kier alpha value is -2.24. The highest BCUT2D eigenvalue weighted by Gasteiger charge is 2.16. The van der Waals surface area contributed by atoms with Gasteiger partial charge in [-0.05, 0) is 25.0 Å². The van der Waals surface area contributed by atoms with Gasteiger partial charge in [0.15, 0.2) is 5.82 Å². The molecule has 0 saturated carbocycles. The van der Waals surface area contributed by atoms with Crippen molar-refractivity contribution in [3.05, 3.63) is 29.8 Å². The Kier molecular flexibility index (Phi) is 3.68. The molecule has 2 N–H and O–H groups in total. The number of nitrogen functional groups attached to an aromatic ring is 1. The van der Waals surface area contributed by atoms with Crippen LogP contribution in [-0.2, 0) is 19.6 Å². The summed E-state index contributed by atoms with van der Waals surface area (Å²) in [6.45, 7) is 1.38. The minimum Gasteiger partial charge on any atom is -0.483 e. The average Bonchev–Trinajstić information content (AvgIpc) is 2.89. The molecule has 6 heteroatoms. The third kappa shape index (κ3) is 2.79. The van der Waals surface area contributed by atoms with E-state index in [-0.39, 0.29) is 0 Å². The maximum Gasteiger partial charge on any atom is 0.171 e. The Bertz CT molecular complexity index is 635. The van der Waals surface area contributed by atoms with Crippen LogP contribution in [0, 0.1) is 0 Å². The molecule has 0 atom stereocenters. The molecule has 1 aromatic heterocycles. The van der Waals surface area contributed by atoms with Gasteiger partial charge in [-0.2, -0.15) is 0 Å². The topological polar surface area (TPSA) is 69.2 Å². The quantitative estimate of drug-likeness (QED) is 0.869. The van der Waals surface area contributed by atoms with Crippen LogP contribution in [-0.4, -0.2) is 28.9 Å². The second kappa shape index (κ2) is 5.63. The number of anilines is 2. The van der Waals surface area contributed by atoms with Crippen molar-refractivity contribution in [1.29, 1.82) is 0 Å². The van der Waals surface area contributed by atoms with Gasteiger partial charge >= 0.3 is 0 Å². The first-order chi connectivity index (χ1) is 10.1. The van der Waals surface area contributed by atoms with Crippen molar-refractivity contribution in [1.82, 2.24) is 14.8 Å². The third-order valence-corrected chi connectivity index (χ3v) is 3.81. The van der Waals surface area contributed by atoms with Crippen molar-refractivity contribution in [2.24, 2.45) is 0 Å². The number of fused-ring (bicyclic) bond motifs is 1. The molecule has 0 spiro atoms. The Labute approximate surface area is 124 Å². The minimum absolute atomic E-state index is 0.397. The molecule has 112 valence electrons. The van der Waals surface area contributed by atoms with Gasteiger partial charge in [0.25, 0.3) is 0 Å². The summed E-state index contributed by atoms with van der Waals surface area (Å²) in [4.78, 5) is 2.02. The SMILES string of the molecule is CN(C)c1ccc(N)c(OCc2nnc3n2CCCC3)c1. The second-order valence-corrected chi connectivity index (χ2v) is 5.55. The van der Waals surface area contributed by atoms with Gasteiger partial charge < -0.3 is 19.9 Å². The number of hydrogen-bond donors (Lipinski definition) is 1. The lowest BCUT2D eigenvalue weighted by Crippen LogP contribution is -2.15. The van der Waals surface area contributed by atoms with E-state index in [4.69, 9.17) is 10.5 Å². The predicted octanol–water partition coefficient (Wildman–Crippen LogP) is 1.84. The van der Waals surface area contributed by atoms with Crippen molar-refractivity contribution < 1.29 is 4.74 Å². The molecule has 0 bridgehead atoms. The van der Waals surface area contributed by atoms with Gasteiger partial charge in [-0.3, -0.25) is 0 Å². The van der Waals surface area contributed by atoms with Crippen LogP contribution in [0.15, 0.2) is 18.2 Å². The van der Waals surface area contributed by atoms with Crippen LogP contribution >= 0.6 is 0 Å². The number of ether oxygens (including phenoxy) is 1. The smallest absolute Gasteiger partial charge is 0.171 e. The van der Waals surface area contributed by atoms with Crippen molar-refractivity contribution in [2.45, 2.75) is 32.4 Å². The average molecular weight is 287 g/mol. The number of benzene rings is 1. The van der Waals surface area contributed by atoms with Crippen LogP contribution in [0.1, 0.15) is 24.5 Å². The molecule has 0 amide bonds. The van der Waals surface area contributed by atoms with Gasteiger partial charge in [-0.1, -0.05) is 0 Å². The van der Waals surface area contributed by atoms with E-state index in [9.17, 15) is 0 Å². The highest BCUT2D eigenvalue weighted by Crippen LogP contribution is 2.27. The fourth-order valence-electron chi connectivity index (χ4n) is 2.54. The van der Waals surface area contributed by atoms with E-state index in [0.717, 1.165) is 30.3 Å². The Morgan fingerprint density at radius 3 is 2.95 bits per heavy atom. The van der Waals surface area contributed by atoms with Gasteiger partial charge in [0.05, 0.1) is 5.69 Å². The molecular formula is C15H21N5O. The van der Waals surface area contributed by atoms with Gasteiger partial charge in [0, 0.05) is 38.8 Å². The molecule has 1 aliphatic heterocycles. The maximum absolute atomic E-state index is 5.98. The summed E-state index contributed by atoms with van der Waals surface area (Å²) in [6.07, 6.45) is 3.37. The number of nitrogens with two attached hydrogens (primary N) is 1. The number of nitrogens with zero attached hydrogens (tertiary/aromatic N) is 4. The van der Waals surface area contributed by atoms with Gasteiger partial charge in [-0.25, -0.2) is 0 Å². The molecule has 3 rings (SSSR count). The summed E-state index contributed by atoms with van der Waals surface area (Å²) in [5.74, 6) is 2.63. The molecule has 0 fully saturated rings. The Balaban J connectivity index is 1.76. The van der Waals surface area contributed by atoms with E-state index in [2.05, 4.69) is 14.8 Å². The monoisotopic (exact) mass is 287 g/mol. The summed E-state index contributed by atoms with van der Waals surface area (Å²) in [7, 11) is 3.98. The molecule has 0 saturated heterocycles. The van der Waals surface area contributed by atoms with Gasteiger partial charge in [-0.15, -0.1) is 10.2 Å². The summed E-state index contributed by atoms with van der Waals surface area (Å²) >= 11 is 0. The molecule has 1 aromatic carbocycles.